The van der Waals surface area contributed by atoms with Crippen molar-refractivity contribution in [1.29, 1.82) is 0 Å². The minimum absolute atomic E-state index is 0.0511. The SMILES string of the molecule is O=C(Nc1ccc(C(=O)N2CC[C@@]3(CCC(C(=O)O)C3)Cc3ccccc32)cc1)c1ccccc1F. The molecule has 1 spiro atoms. The predicted octanol–water partition coefficient (Wildman–Crippen LogP) is 5.54. The molecule has 5 rings (SSSR count). The quantitative estimate of drug-likeness (QED) is 0.507. The Morgan fingerprint density at radius 1 is 0.944 bits per heavy atom. The summed E-state index contributed by atoms with van der Waals surface area (Å²) in [6.45, 7) is 0.508. The Kier molecular flexibility index (Phi) is 6.31. The number of carboxylic acid groups (broad SMARTS) is 1. The third-order valence-corrected chi connectivity index (χ3v) is 7.52. The van der Waals surface area contributed by atoms with Crippen molar-refractivity contribution in [2.24, 2.45) is 11.3 Å². The molecule has 2 amide bonds. The van der Waals surface area contributed by atoms with Gasteiger partial charge < -0.3 is 15.3 Å². The minimum atomic E-state index is -0.737. The number of fused-ring (bicyclic) bond motifs is 1. The zero-order chi connectivity index (χ0) is 25.3. The van der Waals surface area contributed by atoms with Crippen LogP contribution in [-0.2, 0) is 11.2 Å². The van der Waals surface area contributed by atoms with Gasteiger partial charge in [-0.2, -0.15) is 0 Å². The summed E-state index contributed by atoms with van der Waals surface area (Å²) in [6.07, 6.45) is 3.66. The highest BCUT2D eigenvalue weighted by Crippen LogP contribution is 2.49. The summed E-state index contributed by atoms with van der Waals surface area (Å²) in [6, 6.07) is 20.2. The third kappa shape index (κ3) is 4.61. The van der Waals surface area contributed by atoms with E-state index in [-0.39, 0.29) is 22.8 Å². The van der Waals surface area contributed by atoms with Gasteiger partial charge in [0.2, 0.25) is 0 Å². The summed E-state index contributed by atoms with van der Waals surface area (Å²) in [7, 11) is 0. The normalized spacial score (nSPS) is 21.0. The first-order valence-corrected chi connectivity index (χ1v) is 12.1. The van der Waals surface area contributed by atoms with Gasteiger partial charge in [0, 0.05) is 23.5 Å². The molecule has 1 aliphatic carbocycles. The van der Waals surface area contributed by atoms with Gasteiger partial charge in [-0.3, -0.25) is 14.4 Å². The molecular weight excluding hydrogens is 459 g/mol. The molecule has 3 aromatic carbocycles. The van der Waals surface area contributed by atoms with E-state index in [9.17, 15) is 23.9 Å². The van der Waals surface area contributed by atoms with Crippen molar-refractivity contribution in [3.8, 4) is 0 Å². The number of halogens is 1. The average molecular weight is 487 g/mol. The summed E-state index contributed by atoms with van der Waals surface area (Å²) >= 11 is 0. The van der Waals surface area contributed by atoms with Gasteiger partial charge in [0.1, 0.15) is 5.82 Å². The molecule has 184 valence electrons. The maximum absolute atomic E-state index is 13.9. The molecule has 7 heteroatoms. The van der Waals surface area contributed by atoms with E-state index in [1.807, 2.05) is 24.3 Å². The van der Waals surface area contributed by atoms with Crippen LogP contribution in [0.5, 0.6) is 0 Å². The summed E-state index contributed by atoms with van der Waals surface area (Å²) in [5.41, 5.74) is 2.68. The second-order valence-corrected chi connectivity index (χ2v) is 9.80. The molecule has 0 saturated heterocycles. The zero-order valence-electron chi connectivity index (χ0n) is 19.7. The fraction of sp³-hybridized carbons (Fsp3) is 0.276. The van der Waals surface area contributed by atoms with Gasteiger partial charge >= 0.3 is 5.97 Å². The molecule has 3 aromatic rings. The smallest absolute Gasteiger partial charge is 0.306 e. The van der Waals surface area contributed by atoms with Crippen molar-refractivity contribution in [3.63, 3.8) is 0 Å². The van der Waals surface area contributed by atoms with Crippen LogP contribution in [0.25, 0.3) is 0 Å². The van der Waals surface area contributed by atoms with Crippen molar-refractivity contribution in [2.45, 2.75) is 32.1 Å². The molecule has 1 saturated carbocycles. The Bertz CT molecular complexity index is 1320. The van der Waals surface area contributed by atoms with Gasteiger partial charge in [0.05, 0.1) is 11.5 Å². The third-order valence-electron chi connectivity index (χ3n) is 7.52. The molecule has 2 N–H and O–H groups in total. The highest BCUT2D eigenvalue weighted by atomic mass is 19.1. The summed E-state index contributed by atoms with van der Waals surface area (Å²) < 4.78 is 13.9. The number of hydrogen-bond donors (Lipinski definition) is 2. The van der Waals surface area contributed by atoms with Crippen molar-refractivity contribution in [3.05, 3.63) is 95.3 Å². The predicted molar refractivity (Wildman–Crippen MR) is 135 cm³/mol. The number of aliphatic carboxylic acids is 1. The second kappa shape index (κ2) is 9.57. The zero-order valence-corrected chi connectivity index (χ0v) is 19.7. The van der Waals surface area contributed by atoms with Crippen LogP contribution < -0.4 is 10.2 Å². The molecule has 2 atom stereocenters. The van der Waals surface area contributed by atoms with Gasteiger partial charge in [-0.1, -0.05) is 30.3 Å². The number of carbonyl (C=O) groups excluding carboxylic acids is 2. The van der Waals surface area contributed by atoms with Crippen LogP contribution in [-0.4, -0.2) is 29.4 Å². The maximum atomic E-state index is 13.9. The lowest BCUT2D eigenvalue weighted by Crippen LogP contribution is -2.33. The number of benzene rings is 3. The van der Waals surface area contributed by atoms with Crippen LogP contribution in [0.2, 0.25) is 0 Å². The molecule has 2 aliphatic rings. The lowest BCUT2D eigenvalue weighted by molar-refractivity contribution is -0.141. The molecule has 1 aliphatic heterocycles. The number of hydrogen-bond acceptors (Lipinski definition) is 3. The van der Waals surface area contributed by atoms with Crippen molar-refractivity contribution in [2.75, 3.05) is 16.8 Å². The number of carboxylic acids is 1. The van der Waals surface area contributed by atoms with Crippen LogP contribution in [0.15, 0.2) is 72.8 Å². The van der Waals surface area contributed by atoms with Crippen molar-refractivity contribution >= 4 is 29.2 Å². The summed E-state index contributed by atoms with van der Waals surface area (Å²) in [5, 5.41) is 12.2. The van der Waals surface area contributed by atoms with Crippen LogP contribution >= 0.6 is 0 Å². The molecule has 1 heterocycles. The highest BCUT2D eigenvalue weighted by molar-refractivity contribution is 6.08. The van der Waals surface area contributed by atoms with Gasteiger partial charge in [-0.05, 0) is 85.5 Å². The maximum Gasteiger partial charge on any atom is 0.306 e. The fourth-order valence-electron chi connectivity index (χ4n) is 5.60. The fourth-order valence-corrected chi connectivity index (χ4v) is 5.60. The van der Waals surface area contributed by atoms with E-state index < -0.39 is 17.7 Å². The largest absolute Gasteiger partial charge is 0.481 e. The number of rotatable bonds is 4. The highest BCUT2D eigenvalue weighted by Gasteiger charge is 2.44. The Hall–Kier alpha value is -4.00. The minimum Gasteiger partial charge on any atom is -0.481 e. The first kappa shape index (κ1) is 23.7. The van der Waals surface area contributed by atoms with Crippen LogP contribution in [0, 0.1) is 17.2 Å². The second-order valence-electron chi connectivity index (χ2n) is 9.80. The van der Waals surface area contributed by atoms with Gasteiger partial charge in [-0.25, -0.2) is 4.39 Å². The first-order chi connectivity index (χ1) is 17.3. The average Bonchev–Trinajstić information content (AvgIpc) is 3.22. The molecular formula is C29H27FN2O4. The van der Waals surface area contributed by atoms with Crippen molar-refractivity contribution < 1.29 is 23.9 Å². The Morgan fingerprint density at radius 2 is 1.67 bits per heavy atom. The van der Waals surface area contributed by atoms with Crippen molar-refractivity contribution in [1.82, 2.24) is 0 Å². The van der Waals surface area contributed by atoms with Crippen LogP contribution in [0.1, 0.15) is 52.0 Å². The lowest BCUT2D eigenvalue weighted by atomic mass is 9.77. The summed E-state index contributed by atoms with van der Waals surface area (Å²) in [5.74, 6) is -2.38. The Morgan fingerprint density at radius 3 is 2.39 bits per heavy atom. The molecule has 0 aromatic heterocycles. The van der Waals surface area contributed by atoms with Gasteiger partial charge in [-0.15, -0.1) is 0 Å². The molecule has 1 fully saturated rings. The number of nitrogens with one attached hydrogen (secondary N) is 1. The van der Waals surface area contributed by atoms with E-state index in [1.54, 1.807) is 35.2 Å². The van der Waals surface area contributed by atoms with E-state index in [2.05, 4.69) is 5.32 Å². The first-order valence-electron chi connectivity index (χ1n) is 12.1. The molecule has 1 unspecified atom stereocenters. The standard InChI is InChI=1S/C29H27FN2O4/c30-24-7-3-2-6-23(24)26(33)31-22-11-9-19(10-12-22)27(34)32-16-15-29(14-13-21(18-29)28(35)36)17-20-5-1-4-8-25(20)32/h1-12,21H,13-18H2,(H,31,33)(H,35,36)/t21?,29-/m0/s1. The van der Waals surface area contributed by atoms with Gasteiger partial charge in [0.25, 0.3) is 11.8 Å². The number of para-hydroxylation sites is 1. The number of nitrogens with zero attached hydrogens (tertiary/aromatic N) is 1. The van der Waals surface area contributed by atoms with Crippen LogP contribution in [0.4, 0.5) is 15.8 Å². The molecule has 6 nitrogen and oxygen atoms in total. The topological polar surface area (TPSA) is 86.7 Å². The Labute approximate surface area is 208 Å². The number of amides is 2. The van der Waals surface area contributed by atoms with E-state index in [0.717, 1.165) is 30.5 Å². The van der Waals surface area contributed by atoms with E-state index in [4.69, 9.17) is 0 Å². The van der Waals surface area contributed by atoms with E-state index in [0.29, 0.717) is 30.6 Å². The molecule has 36 heavy (non-hydrogen) atoms. The number of anilines is 2. The van der Waals surface area contributed by atoms with Crippen LogP contribution in [0.3, 0.4) is 0 Å². The van der Waals surface area contributed by atoms with E-state index >= 15 is 0 Å². The Balaban J connectivity index is 1.35. The molecule has 0 radical (unpaired) electrons. The monoisotopic (exact) mass is 486 g/mol. The van der Waals surface area contributed by atoms with E-state index in [1.165, 1.54) is 18.2 Å². The number of carbonyl (C=O) groups is 3. The lowest BCUT2D eigenvalue weighted by Gasteiger charge is -2.28. The summed E-state index contributed by atoms with van der Waals surface area (Å²) in [4.78, 5) is 39.4. The van der Waals surface area contributed by atoms with Gasteiger partial charge in [0.15, 0.2) is 0 Å². The molecule has 0 bridgehead atoms.